The first-order valence-corrected chi connectivity index (χ1v) is 37.6. The van der Waals surface area contributed by atoms with Crippen LogP contribution in [0.25, 0.3) is 78.0 Å². The maximum absolute atomic E-state index is 13.6. The van der Waals surface area contributed by atoms with E-state index in [9.17, 15) is 9.59 Å². The first-order chi connectivity index (χ1) is 47.6. The second kappa shape index (κ2) is 29.9. The van der Waals surface area contributed by atoms with Crippen LogP contribution in [0.15, 0.2) is 224 Å². The van der Waals surface area contributed by atoms with Crippen molar-refractivity contribution in [3.05, 3.63) is 216 Å². The van der Waals surface area contributed by atoms with Crippen LogP contribution in [0.4, 0.5) is 22.7 Å². The Hall–Kier alpha value is -8.81. The molecule has 14 rings (SSSR count). The van der Waals surface area contributed by atoms with Crippen LogP contribution < -0.4 is 20.4 Å². The molecule has 6 heterocycles. The van der Waals surface area contributed by atoms with Crippen LogP contribution in [0, 0.1) is 0 Å². The van der Waals surface area contributed by atoms with Crippen LogP contribution in [-0.2, 0) is 27.4 Å². The summed E-state index contributed by atoms with van der Waals surface area (Å²) in [6.07, 6.45) is 30.6. The third-order valence-electron chi connectivity index (χ3n) is 19.6. The number of ether oxygens (including phenoxy) is 1. The predicted octanol–water partition coefficient (Wildman–Crippen LogP) is 23.1. The Labute approximate surface area is 585 Å². The number of aryl methyl sites for hydroxylation is 2. The van der Waals surface area contributed by atoms with Crippen molar-refractivity contribution in [1.29, 1.82) is 0 Å². The molecule has 0 saturated carbocycles. The van der Waals surface area contributed by atoms with Gasteiger partial charge in [-0.15, -0.1) is 0 Å². The van der Waals surface area contributed by atoms with E-state index in [4.69, 9.17) is 17.0 Å². The van der Waals surface area contributed by atoms with Gasteiger partial charge in [0.15, 0.2) is 5.11 Å². The molecule has 97 heavy (non-hydrogen) atoms. The number of benzene rings is 8. The van der Waals surface area contributed by atoms with Crippen molar-refractivity contribution in [2.24, 2.45) is 0 Å². The van der Waals surface area contributed by atoms with Crippen molar-refractivity contribution in [1.82, 2.24) is 19.8 Å². The normalized spacial score (nSPS) is 14.6. The van der Waals surface area contributed by atoms with Crippen molar-refractivity contribution in [2.45, 2.75) is 163 Å². The van der Waals surface area contributed by atoms with Gasteiger partial charge in [0, 0.05) is 94.9 Å². The second-order valence-corrected chi connectivity index (χ2v) is 28.9. The Balaban J connectivity index is 0.743. The molecule has 2 N–H and O–H groups in total. The van der Waals surface area contributed by atoms with Crippen molar-refractivity contribution in [2.75, 3.05) is 22.9 Å². The number of nitrogens with zero attached hydrogens (tertiary/aromatic N) is 4. The van der Waals surface area contributed by atoms with Crippen LogP contribution >= 0.6 is 35.7 Å². The first kappa shape index (κ1) is 65.5. The maximum atomic E-state index is 13.6. The Morgan fingerprint density at radius 2 is 0.763 bits per heavy atom. The Kier molecular flexibility index (Phi) is 20.2. The van der Waals surface area contributed by atoms with E-state index >= 15 is 0 Å². The number of para-hydroxylation sites is 2. The molecule has 0 bridgehead atoms. The highest BCUT2D eigenvalue weighted by Gasteiger charge is 2.31. The lowest BCUT2D eigenvalue weighted by molar-refractivity contribution is -0.123. The number of nitrogens with one attached hydrogen (secondary N) is 2. The van der Waals surface area contributed by atoms with Crippen molar-refractivity contribution in [3.63, 3.8) is 0 Å². The van der Waals surface area contributed by atoms with E-state index in [1.165, 1.54) is 198 Å². The van der Waals surface area contributed by atoms with Gasteiger partial charge in [-0.25, -0.2) is 0 Å². The molecule has 12 heteroatoms. The number of carbonyl (C=O) groups is 2. The SMILES string of the molecule is CCCCCCN1c2ccc(/C=C/C3=CC(=C4C(=O)NC(=S)NC4=O)C=C(/C=C/c4ccc5c(c4)Sc4cc(-c6ccc7c(c6)c6ccccc6n7CCCCCC)ccc4N5CCCCCC)O3)cc2Sc2cc(-c3ccc4c(c3)c3ccccc3n4CCCCCC)ccc21. The van der Waals surface area contributed by atoms with E-state index in [1.54, 1.807) is 12.2 Å². The minimum absolute atomic E-state index is 0.0181. The number of unbranched alkanes of at least 4 members (excludes halogenated alkanes) is 12. The summed E-state index contributed by atoms with van der Waals surface area (Å²) in [5.41, 5.74) is 17.3. The summed E-state index contributed by atoms with van der Waals surface area (Å²) in [5, 5.41) is 10.5. The van der Waals surface area contributed by atoms with Crippen LogP contribution in [0.3, 0.4) is 0 Å². The van der Waals surface area contributed by atoms with Crippen molar-refractivity contribution >= 4 is 131 Å². The third kappa shape index (κ3) is 13.9. The monoisotopic (exact) mass is 1330 g/mol. The Morgan fingerprint density at radius 1 is 0.392 bits per heavy atom. The van der Waals surface area contributed by atoms with Gasteiger partial charge in [-0.2, -0.15) is 0 Å². The summed E-state index contributed by atoms with van der Waals surface area (Å²) >= 11 is 8.87. The van der Waals surface area contributed by atoms with E-state index in [0.29, 0.717) is 17.1 Å². The number of allylic oxidation sites excluding steroid dienone is 5. The number of hydrogen-bond acceptors (Lipinski definition) is 8. The van der Waals surface area contributed by atoms with E-state index in [1.807, 2.05) is 35.7 Å². The molecule has 9 nitrogen and oxygen atoms in total. The van der Waals surface area contributed by atoms with Crippen LogP contribution in [0.1, 0.15) is 142 Å². The molecule has 0 radical (unpaired) electrons. The molecule has 0 atom stereocenters. The van der Waals surface area contributed by atoms with Gasteiger partial charge in [0.2, 0.25) is 0 Å². The Morgan fingerprint density at radius 3 is 1.20 bits per heavy atom. The highest BCUT2D eigenvalue weighted by molar-refractivity contribution is 8.00. The molecule has 10 aromatic rings. The maximum Gasteiger partial charge on any atom is 0.263 e. The van der Waals surface area contributed by atoms with Gasteiger partial charge in [0.05, 0.1) is 22.7 Å². The highest BCUT2D eigenvalue weighted by atomic mass is 32.2. The van der Waals surface area contributed by atoms with Crippen molar-refractivity contribution in [3.8, 4) is 22.3 Å². The quantitative estimate of drug-likeness (QED) is 0.0240. The summed E-state index contributed by atoms with van der Waals surface area (Å²) < 4.78 is 11.7. The minimum atomic E-state index is -0.559. The summed E-state index contributed by atoms with van der Waals surface area (Å²) in [5.74, 6) is -0.160. The number of amides is 2. The summed E-state index contributed by atoms with van der Waals surface area (Å²) in [4.78, 5) is 37.1. The zero-order valence-corrected chi connectivity index (χ0v) is 58.8. The van der Waals surface area contributed by atoms with E-state index in [2.05, 4.69) is 227 Å². The number of aromatic nitrogens is 2. The molecule has 0 spiro atoms. The van der Waals surface area contributed by atoms with Gasteiger partial charge < -0.3 is 23.7 Å². The molecule has 492 valence electrons. The zero-order valence-electron chi connectivity index (χ0n) is 56.4. The van der Waals surface area contributed by atoms with Crippen molar-refractivity contribution < 1.29 is 14.3 Å². The number of anilines is 4. The molecule has 4 aliphatic rings. The zero-order chi connectivity index (χ0) is 66.4. The smallest absolute Gasteiger partial charge is 0.263 e. The molecular weight excluding hydrogens is 1250 g/mol. The van der Waals surface area contributed by atoms with Crippen LogP contribution in [-0.4, -0.2) is 39.2 Å². The molecule has 2 amide bonds. The van der Waals surface area contributed by atoms with Gasteiger partial charge in [-0.05, 0) is 181 Å². The van der Waals surface area contributed by atoms with Gasteiger partial charge >= 0.3 is 0 Å². The summed E-state index contributed by atoms with van der Waals surface area (Å²) in [6.45, 7) is 13.0. The second-order valence-electron chi connectivity index (χ2n) is 26.3. The lowest BCUT2D eigenvalue weighted by Crippen LogP contribution is -2.51. The topological polar surface area (TPSA) is 83.8 Å². The lowest BCUT2D eigenvalue weighted by atomic mass is 10.0. The van der Waals surface area contributed by atoms with Crippen LogP contribution in [0.5, 0.6) is 0 Å². The number of hydrogen-bond donors (Lipinski definition) is 2. The van der Waals surface area contributed by atoms with Gasteiger partial charge in [0.1, 0.15) is 17.1 Å². The fraction of sp³-hybridized carbons (Fsp3) is 0.282. The molecule has 1 saturated heterocycles. The molecular formula is C85H86N6O3S3. The molecule has 8 aromatic carbocycles. The fourth-order valence-corrected chi connectivity index (χ4v) is 17.1. The van der Waals surface area contributed by atoms with Crippen LogP contribution in [0.2, 0.25) is 0 Å². The summed E-state index contributed by atoms with van der Waals surface area (Å²) in [6, 6.07) is 59.3. The van der Waals surface area contributed by atoms with E-state index < -0.39 is 11.8 Å². The van der Waals surface area contributed by atoms with E-state index in [-0.39, 0.29) is 10.7 Å². The number of fused-ring (bicyclic) bond motifs is 10. The molecule has 2 aromatic heterocycles. The van der Waals surface area contributed by atoms with E-state index in [0.717, 1.165) is 50.1 Å². The average Bonchev–Trinajstić information content (AvgIpc) is 1.75. The minimum Gasteiger partial charge on any atom is -0.457 e. The highest BCUT2D eigenvalue weighted by Crippen LogP contribution is 2.52. The lowest BCUT2D eigenvalue weighted by Gasteiger charge is -2.33. The van der Waals surface area contributed by atoms with Gasteiger partial charge in [-0.1, -0.05) is 213 Å². The molecule has 0 aliphatic carbocycles. The molecule has 4 aliphatic heterocycles. The number of rotatable bonds is 26. The average molecular weight is 1340 g/mol. The first-order valence-electron chi connectivity index (χ1n) is 35.5. The molecule has 0 unspecified atom stereocenters. The standard InChI is InChI=1S/C85H86N6O3S3/c1-5-9-13-21-45-88-70-27-19-17-25-66(70)68-53-59(33-41-72(68)88)61-35-43-76-80(55-61)96-78-49-57(31-39-74(78)90(76)47-23-15-11-7-3)29-37-64-51-63(82-83(92)86-85(95)87-84(82)93)52-65(94-64)38-30-58-32-40-75-79(50-58)97-81-56-62(36-44-77(81)91(75)48-24-16-12-8-4)60-34-42-73-69(54-60)67-26-18-20-28-71(67)89(73)46-22-14-10-6-2/h17-20,25-44,49-56H,5-16,21-24,45-48H2,1-4H3,(H2,86,87,92,93,95)/b37-29+,38-30+. The fourth-order valence-electron chi connectivity index (χ4n) is 14.5. The third-order valence-corrected chi connectivity index (χ3v) is 21.9. The number of thiocarbonyl (C=S) groups is 1. The molecule has 1 fully saturated rings. The summed E-state index contributed by atoms with van der Waals surface area (Å²) in [7, 11) is 0. The van der Waals surface area contributed by atoms with Gasteiger partial charge in [-0.3, -0.25) is 20.2 Å². The number of carbonyl (C=O) groups excluding carboxylic acids is 2. The predicted molar refractivity (Wildman–Crippen MR) is 413 cm³/mol. The Bertz CT molecular complexity index is 4550. The largest absolute Gasteiger partial charge is 0.457 e. The van der Waals surface area contributed by atoms with Gasteiger partial charge in [0.25, 0.3) is 11.8 Å².